The zero-order valence-corrected chi connectivity index (χ0v) is 10.1. The van der Waals surface area contributed by atoms with Crippen LogP contribution in [0, 0.1) is 0 Å². The molecule has 0 aliphatic rings. The standard InChI is InChI=1S/C10H15N5S/c1-2-5-11-7-10-12-13-14-15(10)8-9-4-3-6-16-9/h3-4,6,11H,2,5,7-8H2,1H3. The van der Waals surface area contributed by atoms with Gasteiger partial charge in [0.15, 0.2) is 5.82 Å². The minimum Gasteiger partial charge on any atom is -0.310 e. The van der Waals surface area contributed by atoms with Crippen LogP contribution in [0.15, 0.2) is 17.5 Å². The van der Waals surface area contributed by atoms with E-state index >= 15 is 0 Å². The lowest BCUT2D eigenvalue weighted by Gasteiger charge is -2.03. The molecule has 2 aromatic heterocycles. The van der Waals surface area contributed by atoms with E-state index in [0.29, 0.717) is 0 Å². The summed E-state index contributed by atoms with van der Waals surface area (Å²) in [7, 11) is 0. The van der Waals surface area contributed by atoms with Gasteiger partial charge in [0.2, 0.25) is 0 Å². The number of thiophene rings is 1. The summed E-state index contributed by atoms with van der Waals surface area (Å²) in [6.45, 7) is 4.62. The number of hydrogen-bond donors (Lipinski definition) is 1. The summed E-state index contributed by atoms with van der Waals surface area (Å²) < 4.78 is 1.84. The predicted molar refractivity (Wildman–Crippen MR) is 63.2 cm³/mol. The molecular weight excluding hydrogens is 222 g/mol. The second kappa shape index (κ2) is 5.72. The third-order valence-corrected chi connectivity index (χ3v) is 3.06. The Morgan fingerprint density at radius 3 is 3.19 bits per heavy atom. The highest BCUT2D eigenvalue weighted by Crippen LogP contribution is 2.10. The fourth-order valence-corrected chi connectivity index (χ4v) is 2.09. The molecule has 0 fully saturated rings. The monoisotopic (exact) mass is 237 g/mol. The van der Waals surface area contributed by atoms with E-state index < -0.39 is 0 Å². The van der Waals surface area contributed by atoms with Gasteiger partial charge in [-0.05, 0) is 34.8 Å². The van der Waals surface area contributed by atoms with Gasteiger partial charge in [0, 0.05) is 4.88 Å². The maximum Gasteiger partial charge on any atom is 0.165 e. The molecule has 0 aromatic carbocycles. The van der Waals surface area contributed by atoms with Crippen LogP contribution in [0.1, 0.15) is 24.0 Å². The largest absolute Gasteiger partial charge is 0.310 e. The van der Waals surface area contributed by atoms with E-state index in [0.717, 1.165) is 31.9 Å². The Hall–Kier alpha value is -1.27. The van der Waals surface area contributed by atoms with Gasteiger partial charge in [-0.3, -0.25) is 0 Å². The zero-order valence-electron chi connectivity index (χ0n) is 9.26. The van der Waals surface area contributed by atoms with Crippen molar-refractivity contribution in [2.75, 3.05) is 6.54 Å². The summed E-state index contributed by atoms with van der Waals surface area (Å²) in [6.07, 6.45) is 1.12. The molecule has 6 heteroatoms. The van der Waals surface area contributed by atoms with Crippen molar-refractivity contribution in [3.8, 4) is 0 Å². The number of tetrazole rings is 1. The predicted octanol–water partition coefficient (Wildman–Crippen LogP) is 1.28. The summed E-state index contributed by atoms with van der Waals surface area (Å²) in [4.78, 5) is 1.27. The Balaban J connectivity index is 1.96. The van der Waals surface area contributed by atoms with Crippen molar-refractivity contribution in [3.63, 3.8) is 0 Å². The number of nitrogens with zero attached hydrogens (tertiary/aromatic N) is 4. The molecule has 0 amide bonds. The summed E-state index contributed by atoms with van der Waals surface area (Å²) in [5.74, 6) is 0.891. The molecule has 0 bridgehead atoms. The van der Waals surface area contributed by atoms with Crippen molar-refractivity contribution in [2.45, 2.75) is 26.4 Å². The van der Waals surface area contributed by atoms with Gasteiger partial charge >= 0.3 is 0 Å². The first-order valence-electron chi connectivity index (χ1n) is 5.38. The molecule has 0 aliphatic carbocycles. The van der Waals surface area contributed by atoms with Gasteiger partial charge in [-0.1, -0.05) is 13.0 Å². The van der Waals surface area contributed by atoms with Gasteiger partial charge in [0.05, 0.1) is 13.1 Å². The lowest BCUT2D eigenvalue weighted by Crippen LogP contribution is -2.18. The second-order valence-corrected chi connectivity index (χ2v) is 4.54. The Bertz CT molecular complexity index is 409. The highest BCUT2D eigenvalue weighted by molar-refractivity contribution is 7.09. The number of aromatic nitrogens is 4. The maximum absolute atomic E-state index is 4.01. The molecular formula is C10H15N5S. The number of nitrogens with one attached hydrogen (secondary N) is 1. The fourth-order valence-electron chi connectivity index (χ4n) is 1.40. The third-order valence-electron chi connectivity index (χ3n) is 2.20. The number of hydrogen-bond acceptors (Lipinski definition) is 5. The van der Waals surface area contributed by atoms with Crippen molar-refractivity contribution >= 4 is 11.3 Å². The molecule has 2 aromatic rings. The molecule has 0 unspecified atom stereocenters. The van der Waals surface area contributed by atoms with Crippen LogP contribution in [0.25, 0.3) is 0 Å². The van der Waals surface area contributed by atoms with E-state index in [2.05, 4.69) is 39.2 Å². The fraction of sp³-hybridized carbons (Fsp3) is 0.500. The van der Waals surface area contributed by atoms with Gasteiger partial charge in [-0.25, -0.2) is 4.68 Å². The van der Waals surface area contributed by atoms with Crippen molar-refractivity contribution in [2.24, 2.45) is 0 Å². The zero-order chi connectivity index (χ0) is 11.2. The van der Waals surface area contributed by atoms with Crippen LogP contribution in [-0.2, 0) is 13.1 Å². The SMILES string of the molecule is CCCNCc1nnnn1Cc1cccs1. The lowest BCUT2D eigenvalue weighted by atomic mass is 10.4. The highest BCUT2D eigenvalue weighted by Gasteiger charge is 2.06. The summed E-state index contributed by atoms with van der Waals surface area (Å²) in [6, 6.07) is 4.13. The van der Waals surface area contributed by atoms with Crippen molar-refractivity contribution in [1.82, 2.24) is 25.5 Å². The lowest BCUT2D eigenvalue weighted by molar-refractivity contribution is 0.580. The van der Waals surface area contributed by atoms with E-state index in [1.807, 2.05) is 10.7 Å². The Labute approximate surface area is 98.5 Å². The van der Waals surface area contributed by atoms with Crippen LogP contribution in [0.4, 0.5) is 0 Å². The van der Waals surface area contributed by atoms with Crippen LogP contribution in [0.5, 0.6) is 0 Å². The molecule has 86 valence electrons. The summed E-state index contributed by atoms with van der Waals surface area (Å²) in [5.41, 5.74) is 0. The highest BCUT2D eigenvalue weighted by atomic mass is 32.1. The minimum absolute atomic E-state index is 0.728. The van der Waals surface area contributed by atoms with E-state index in [1.165, 1.54) is 4.88 Å². The average Bonchev–Trinajstić information content (AvgIpc) is 2.92. The minimum atomic E-state index is 0.728. The first-order chi connectivity index (χ1) is 7.90. The van der Waals surface area contributed by atoms with Gasteiger partial charge in [0.25, 0.3) is 0 Å². The molecule has 2 heterocycles. The van der Waals surface area contributed by atoms with E-state index in [9.17, 15) is 0 Å². The third kappa shape index (κ3) is 2.86. The first-order valence-corrected chi connectivity index (χ1v) is 6.26. The molecule has 5 nitrogen and oxygen atoms in total. The van der Waals surface area contributed by atoms with Crippen molar-refractivity contribution < 1.29 is 0 Å². The molecule has 0 saturated heterocycles. The molecule has 1 N–H and O–H groups in total. The Morgan fingerprint density at radius 1 is 1.50 bits per heavy atom. The maximum atomic E-state index is 4.01. The van der Waals surface area contributed by atoms with Gasteiger partial charge in [0.1, 0.15) is 0 Å². The number of rotatable bonds is 6. The Kier molecular flexibility index (Phi) is 4.01. The molecule has 16 heavy (non-hydrogen) atoms. The molecule has 0 atom stereocenters. The van der Waals surface area contributed by atoms with Crippen LogP contribution in [0.3, 0.4) is 0 Å². The smallest absolute Gasteiger partial charge is 0.165 e. The topological polar surface area (TPSA) is 55.6 Å². The molecule has 0 aliphatic heterocycles. The average molecular weight is 237 g/mol. The van der Waals surface area contributed by atoms with Crippen LogP contribution < -0.4 is 5.32 Å². The van der Waals surface area contributed by atoms with Gasteiger partial charge in [-0.15, -0.1) is 16.4 Å². The normalized spacial score (nSPS) is 10.8. The van der Waals surface area contributed by atoms with Crippen LogP contribution in [-0.4, -0.2) is 26.8 Å². The van der Waals surface area contributed by atoms with E-state index in [-0.39, 0.29) is 0 Å². The van der Waals surface area contributed by atoms with Gasteiger partial charge < -0.3 is 5.32 Å². The summed E-state index contributed by atoms with van der Waals surface area (Å²) in [5, 5.41) is 17.1. The van der Waals surface area contributed by atoms with Crippen LogP contribution in [0.2, 0.25) is 0 Å². The van der Waals surface area contributed by atoms with Crippen LogP contribution >= 0.6 is 11.3 Å². The van der Waals surface area contributed by atoms with E-state index in [1.54, 1.807) is 11.3 Å². The molecule has 2 rings (SSSR count). The summed E-state index contributed by atoms with van der Waals surface area (Å²) >= 11 is 1.72. The first kappa shape index (κ1) is 11.2. The van der Waals surface area contributed by atoms with Crippen molar-refractivity contribution in [3.05, 3.63) is 28.2 Å². The molecule has 0 spiro atoms. The Morgan fingerprint density at radius 2 is 2.44 bits per heavy atom. The van der Waals surface area contributed by atoms with E-state index in [4.69, 9.17) is 0 Å². The van der Waals surface area contributed by atoms with Crippen molar-refractivity contribution in [1.29, 1.82) is 0 Å². The molecule has 0 radical (unpaired) electrons. The second-order valence-electron chi connectivity index (χ2n) is 3.51. The quantitative estimate of drug-likeness (QED) is 0.769. The molecule has 0 saturated carbocycles. The van der Waals surface area contributed by atoms with Gasteiger partial charge in [-0.2, -0.15) is 0 Å².